The van der Waals surface area contributed by atoms with Crippen molar-refractivity contribution in [3.8, 4) is 0 Å². The lowest BCUT2D eigenvalue weighted by atomic mass is 10.1. The zero-order valence-corrected chi connectivity index (χ0v) is 10.8. The molecule has 5 nitrogen and oxygen atoms in total. The zero-order chi connectivity index (χ0) is 13.5. The summed E-state index contributed by atoms with van der Waals surface area (Å²) < 4.78 is 0. The summed E-state index contributed by atoms with van der Waals surface area (Å²) in [6.07, 6.45) is 0.363. The Balaban J connectivity index is 2.73. The highest BCUT2D eigenvalue weighted by Gasteiger charge is 2.14. The van der Waals surface area contributed by atoms with Gasteiger partial charge in [-0.1, -0.05) is 22.9 Å². The molecule has 0 atom stereocenters. The van der Waals surface area contributed by atoms with Crippen LogP contribution in [0.5, 0.6) is 0 Å². The van der Waals surface area contributed by atoms with Crippen molar-refractivity contribution >= 4 is 11.7 Å². The molecule has 98 valence electrons. The molecule has 0 bridgehead atoms. The summed E-state index contributed by atoms with van der Waals surface area (Å²) in [7, 11) is 0. The lowest BCUT2D eigenvalue weighted by Gasteiger charge is -2.20. The van der Waals surface area contributed by atoms with E-state index in [-0.39, 0.29) is 11.7 Å². The number of benzene rings is 1. The quantitative estimate of drug-likeness (QED) is 0.360. The molecule has 0 aliphatic carbocycles. The summed E-state index contributed by atoms with van der Waals surface area (Å²) >= 11 is 0. The van der Waals surface area contributed by atoms with E-state index < -0.39 is 0 Å². The number of amides is 1. The van der Waals surface area contributed by atoms with Crippen LogP contribution in [0.1, 0.15) is 29.3 Å². The molecule has 1 aromatic rings. The summed E-state index contributed by atoms with van der Waals surface area (Å²) in [6, 6.07) is 7.46. The fourth-order valence-corrected chi connectivity index (χ4v) is 1.66. The van der Waals surface area contributed by atoms with Gasteiger partial charge in [0.05, 0.1) is 0 Å². The summed E-state index contributed by atoms with van der Waals surface area (Å²) in [5.74, 6) is 0.0948. The number of aryl methyl sites for hydroxylation is 1. The summed E-state index contributed by atoms with van der Waals surface area (Å²) in [6.45, 7) is 4.88. The van der Waals surface area contributed by atoms with E-state index in [0.717, 1.165) is 5.56 Å². The molecule has 0 unspecified atom stereocenters. The molecule has 1 aromatic carbocycles. The Morgan fingerprint density at radius 1 is 1.50 bits per heavy atom. The molecule has 5 heteroatoms. The van der Waals surface area contributed by atoms with Gasteiger partial charge in [0, 0.05) is 25.1 Å². The lowest BCUT2D eigenvalue weighted by molar-refractivity contribution is 0.0768. The summed E-state index contributed by atoms with van der Waals surface area (Å²) in [5.41, 5.74) is 7.11. The van der Waals surface area contributed by atoms with Crippen LogP contribution in [0.15, 0.2) is 29.4 Å². The third-order valence-corrected chi connectivity index (χ3v) is 2.70. The van der Waals surface area contributed by atoms with Gasteiger partial charge in [-0.15, -0.1) is 0 Å². The minimum atomic E-state index is -0.0352. The average Bonchev–Trinajstić information content (AvgIpc) is 2.38. The van der Waals surface area contributed by atoms with Gasteiger partial charge in [0.2, 0.25) is 0 Å². The molecule has 0 aliphatic rings. The number of nitrogens with zero attached hydrogens (tertiary/aromatic N) is 2. The third kappa shape index (κ3) is 3.76. The van der Waals surface area contributed by atoms with E-state index in [2.05, 4.69) is 5.16 Å². The Morgan fingerprint density at radius 2 is 2.22 bits per heavy atom. The normalized spacial score (nSPS) is 11.3. The molecule has 0 saturated heterocycles. The monoisotopic (exact) mass is 249 g/mol. The second-order valence-corrected chi connectivity index (χ2v) is 4.10. The highest BCUT2D eigenvalue weighted by Crippen LogP contribution is 2.08. The molecule has 0 aromatic heterocycles. The van der Waals surface area contributed by atoms with Gasteiger partial charge in [-0.25, -0.2) is 0 Å². The number of amidine groups is 1. The first kappa shape index (κ1) is 14.0. The number of carbonyl (C=O) groups is 1. The summed E-state index contributed by atoms with van der Waals surface area (Å²) in [4.78, 5) is 13.9. The molecule has 1 amide bonds. The molecule has 0 spiro atoms. The first-order valence-electron chi connectivity index (χ1n) is 5.90. The highest BCUT2D eigenvalue weighted by molar-refractivity contribution is 5.94. The minimum Gasteiger partial charge on any atom is -0.409 e. The zero-order valence-electron chi connectivity index (χ0n) is 10.8. The van der Waals surface area contributed by atoms with Crippen molar-refractivity contribution in [1.82, 2.24) is 4.90 Å². The van der Waals surface area contributed by atoms with Crippen molar-refractivity contribution in [3.63, 3.8) is 0 Å². The molecular weight excluding hydrogens is 230 g/mol. The fourth-order valence-electron chi connectivity index (χ4n) is 1.66. The standard InChI is InChI=1S/C13H19N3O2/c1-3-16(8-7-12(14)15-18)13(17)11-6-4-5-10(2)9-11/h4-6,9,18H,3,7-8H2,1-2H3,(H2,14,15). The van der Waals surface area contributed by atoms with Crippen LogP contribution in [0.4, 0.5) is 0 Å². The van der Waals surface area contributed by atoms with Crippen molar-refractivity contribution < 1.29 is 10.0 Å². The maximum absolute atomic E-state index is 12.2. The predicted molar refractivity (Wildman–Crippen MR) is 70.8 cm³/mol. The average molecular weight is 249 g/mol. The Kier molecular flexibility index (Phi) is 5.17. The maximum Gasteiger partial charge on any atom is 0.253 e. The fraction of sp³-hybridized carbons (Fsp3) is 0.385. The van der Waals surface area contributed by atoms with E-state index in [1.165, 1.54) is 0 Å². The van der Waals surface area contributed by atoms with E-state index in [1.54, 1.807) is 11.0 Å². The number of rotatable bonds is 5. The van der Waals surface area contributed by atoms with Gasteiger partial charge in [0.15, 0.2) is 0 Å². The Bertz CT molecular complexity index is 444. The smallest absolute Gasteiger partial charge is 0.253 e. The van der Waals surface area contributed by atoms with Crippen LogP contribution >= 0.6 is 0 Å². The second kappa shape index (κ2) is 6.64. The largest absolute Gasteiger partial charge is 0.409 e. The molecule has 0 heterocycles. The number of hydrogen-bond acceptors (Lipinski definition) is 3. The van der Waals surface area contributed by atoms with Crippen LogP contribution in [0, 0.1) is 6.92 Å². The first-order chi connectivity index (χ1) is 8.58. The van der Waals surface area contributed by atoms with Gasteiger partial charge in [0.1, 0.15) is 5.84 Å². The SMILES string of the molecule is CCN(CC/C(N)=N/O)C(=O)c1cccc(C)c1. The third-order valence-electron chi connectivity index (χ3n) is 2.70. The van der Waals surface area contributed by atoms with Gasteiger partial charge in [-0.2, -0.15) is 0 Å². The van der Waals surface area contributed by atoms with Gasteiger partial charge >= 0.3 is 0 Å². The highest BCUT2D eigenvalue weighted by atomic mass is 16.4. The van der Waals surface area contributed by atoms with Crippen LogP contribution in [0.2, 0.25) is 0 Å². The molecule has 3 N–H and O–H groups in total. The van der Waals surface area contributed by atoms with Crippen molar-refractivity contribution in [2.24, 2.45) is 10.9 Å². The van der Waals surface area contributed by atoms with Crippen molar-refractivity contribution in [3.05, 3.63) is 35.4 Å². The molecule has 1 rings (SSSR count). The number of oxime groups is 1. The van der Waals surface area contributed by atoms with Gasteiger partial charge in [-0.05, 0) is 26.0 Å². The Labute approximate surface area is 107 Å². The van der Waals surface area contributed by atoms with Crippen molar-refractivity contribution in [1.29, 1.82) is 0 Å². The van der Waals surface area contributed by atoms with E-state index in [0.29, 0.717) is 25.1 Å². The number of nitrogens with two attached hydrogens (primary N) is 1. The van der Waals surface area contributed by atoms with E-state index in [9.17, 15) is 4.79 Å². The Morgan fingerprint density at radius 3 is 2.78 bits per heavy atom. The van der Waals surface area contributed by atoms with E-state index in [4.69, 9.17) is 10.9 Å². The van der Waals surface area contributed by atoms with Crippen LogP contribution in [0.25, 0.3) is 0 Å². The second-order valence-electron chi connectivity index (χ2n) is 4.10. The van der Waals surface area contributed by atoms with Gasteiger partial charge < -0.3 is 15.8 Å². The molecule has 0 radical (unpaired) electrons. The maximum atomic E-state index is 12.2. The van der Waals surface area contributed by atoms with Gasteiger partial charge in [-0.3, -0.25) is 4.79 Å². The number of carbonyl (C=O) groups excluding carboxylic acids is 1. The van der Waals surface area contributed by atoms with Crippen molar-refractivity contribution in [2.75, 3.05) is 13.1 Å². The molecule has 0 fully saturated rings. The molecule has 0 aliphatic heterocycles. The van der Waals surface area contributed by atoms with E-state index in [1.807, 2.05) is 32.0 Å². The lowest BCUT2D eigenvalue weighted by Crippen LogP contribution is -2.34. The van der Waals surface area contributed by atoms with Gasteiger partial charge in [0.25, 0.3) is 5.91 Å². The van der Waals surface area contributed by atoms with Crippen LogP contribution in [0.3, 0.4) is 0 Å². The molecular formula is C13H19N3O2. The molecule has 18 heavy (non-hydrogen) atoms. The summed E-state index contributed by atoms with van der Waals surface area (Å²) in [5, 5.41) is 11.4. The minimum absolute atomic E-state index is 0.0352. The van der Waals surface area contributed by atoms with Crippen LogP contribution in [-0.4, -0.2) is 34.9 Å². The Hall–Kier alpha value is -2.04. The van der Waals surface area contributed by atoms with Crippen LogP contribution in [-0.2, 0) is 0 Å². The number of hydrogen-bond donors (Lipinski definition) is 2. The van der Waals surface area contributed by atoms with Crippen LogP contribution < -0.4 is 5.73 Å². The first-order valence-corrected chi connectivity index (χ1v) is 5.90. The predicted octanol–water partition coefficient (Wildman–Crippen LogP) is 1.59. The van der Waals surface area contributed by atoms with Crippen molar-refractivity contribution in [2.45, 2.75) is 20.3 Å². The van der Waals surface area contributed by atoms with E-state index >= 15 is 0 Å². The topological polar surface area (TPSA) is 78.9 Å². The molecule has 0 saturated carbocycles.